The summed E-state index contributed by atoms with van der Waals surface area (Å²) in [6.45, 7) is 3.85. The van der Waals surface area contributed by atoms with E-state index < -0.39 is 0 Å². The van der Waals surface area contributed by atoms with E-state index >= 15 is 0 Å². The number of aliphatic imine (C=N–C) groups is 2. The fourth-order valence-electron chi connectivity index (χ4n) is 1.92. The van der Waals surface area contributed by atoms with Crippen LogP contribution in [0.25, 0.3) is 0 Å². The molecule has 0 radical (unpaired) electrons. The molecule has 0 unspecified atom stereocenters. The Hall–Kier alpha value is -2.57. The second-order valence-electron chi connectivity index (χ2n) is 4.75. The summed E-state index contributed by atoms with van der Waals surface area (Å²) in [5.41, 5.74) is 7.84. The van der Waals surface area contributed by atoms with Crippen molar-refractivity contribution >= 4 is 35.7 Å². The molecule has 0 spiro atoms. The van der Waals surface area contributed by atoms with Crippen molar-refractivity contribution in [1.29, 1.82) is 0 Å². The van der Waals surface area contributed by atoms with Gasteiger partial charge in [0.1, 0.15) is 12.7 Å². The van der Waals surface area contributed by atoms with Gasteiger partial charge in [-0.05, 0) is 43.2 Å². The summed E-state index contributed by atoms with van der Waals surface area (Å²) < 4.78 is 0. The van der Waals surface area contributed by atoms with Crippen molar-refractivity contribution in [2.24, 2.45) is 9.98 Å². The Labute approximate surface area is 139 Å². The molecule has 2 aromatic rings. The molecule has 0 amide bonds. The standard InChI is InChI=1S/C16H17ClN4O2/c1-11-6-12(2)16(8-15(11)19-9-20-22)23-21-10-18-14-5-3-4-13(17)7-14/h3-10,22H,1-2H3,(H,18,21)(H,19,20). The minimum absolute atomic E-state index is 0.609. The highest BCUT2D eigenvalue weighted by molar-refractivity contribution is 6.30. The molecule has 2 rings (SSSR count). The van der Waals surface area contributed by atoms with Crippen molar-refractivity contribution < 1.29 is 10.0 Å². The van der Waals surface area contributed by atoms with Crippen LogP contribution in [0.1, 0.15) is 11.1 Å². The van der Waals surface area contributed by atoms with Crippen molar-refractivity contribution in [3.8, 4) is 5.75 Å². The highest BCUT2D eigenvalue weighted by Gasteiger charge is 2.05. The first-order valence-corrected chi connectivity index (χ1v) is 7.22. The van der Waals surface area contributed by atoms with Crippen LogP contribution in [0.5, 0.6) is 5.75 Å². The summed E-state index contributed by atoms with van der Waals surface area (Å²) in [5.74, 6) is 0.609. The van der Waals surface area contributed by atoms with E-state index in [0.717, 1.165) is 11.1 Å². The molecule has 0 aliphatic rings. The van der Waals surface area contributed by atoms with Gasteiger partial charge >= 0.3 is 0 Å². The van der Waals surface area contributed by atoms with Crippen LogP contribution in [0, 0.1) is 13.8 Å². The molecular weight excluding hydrogens is 316 g/mol. The van der Waals surface area contributed by atoms with Gasteiger partial charge in [0.05, 0.1) is 11.4 Å². The average molecular weight is 333 g/mol. The van der Waals surface area contributed by atoms with Crippen molar-refractivity contribution in [2.75, 3.05) is 0 Å². The first-order chi connectivity index (χ1) is 11.1. The van der Waals surface area contributed by atoms with E-state index in [1.165, 1.54) is 12.7 Å². The Morgan fingerprint density at radius 3 is 2.65 bits per heavy atom. The van der Waals surface area contributed by atoms with Gasteiger partial charge in [-0.15, -0.1) is 0 Å². The molecule has 2 aromatic carbocycles. The number of rotatable bonds is 6. The fraction of sp³-hybridized carbons (Fsp3) is 0.125. The van der Waals surface area contributed by atoms with Crippen LogP contribution in [0.15, 0.2) is 46.4 Å². The topological polar surface area (TPSA) is 78.2 Å². The van der Waals surface area contributed by atoms with Gasteiger partial charge in [-0.3, -0.25) is 10.7 Å². The largest absolute Gasteiger partial charge is 0.381 e. The summed E-state index contributed by atoms with van der Waals surface area (Å²) in [5, 5.41) is 9.19. The van der Waals surface area contributed by atoms with Crippen LogP contribution in [-0.4, -0.2) is 17.9 Å². The van der Waals surface area contributed by atoms with E-state index in [0.29, 0.717) is 22.1 Å². The Bertz CT molecular complexity index is 732. The van der Waals surface area contributed by atoms with Gasteiger partial charge < -0.3 is 4.84 Å². The summed E-state index contributed by atoms with van der Waals surface area (Å²) in [7, 11) is 0. The molecule has 0 aliphatic heterocycles. The number of hydrogen-bond donors (Lipinski definition) is 3. The predicted octanol–water partition coefficient (Wildman–Crippen LogP) is 3.84. The Morgan fingerprint density at radius 2 is 1.91 bits per heavy atom. The van der Waals surface area contributed by atoms with E-state index in [1.807, 2.05) is 37.5 Å². The highest BCUT2D eigenvalue weighted by Crippen LogP contribution is 2.27. The van der Waals surface area contributed by atoms with Gasteiger partial charge in [0.15, 0.2) is 5.75 Å². The van der Waals surface area contributed by atoms with Crippen molar-refractivity contribution in [3.05, 3.63) is 52.5 Å². The van der Waals surface area contributed by atoms with E-state index in [2.05, 4.69) is 15.5 Å². The molecule has 0 aromatic heterocycles. The third-order valence-electron chi connectivity index (χ3n) is 3.00. The van der Waals surface area contributed by atoms with Crippen LogP contribution in [0.2, 0.25) is 5.02 Å². The molecule has 0 atom stereocenters. The Morgan fingerprint density at radius 1 is 1.09 bits per heavy atom. The maximum atomic E-state index is 8.57. The maximum absolute atomic E-state index is 8.57. The number of hydroxylamine groups is 2. The van der Waals surface area contributed by atoms with Gasteiger partial charge in [-0.1, -0.05) is 23.7 Å². The molecule has 3 N–H and O–H groups in total. The Balaban J connectivity index is 2.04. The number of nitrogens with one attached hydrogen (secondary N) is 2. The lowest BCUT2D eigenvalue weighted by atomic mass is 10.1. The molecule has 0 aliphatic carbocycles. The molecule has 23 heavy (non-hydrogen) atoms. The van der Waals surface area contributed by atoms with Crippen molar-refractivity contribution in [3.63, 3.8) is 0 Å². The number of nitrogens with zero attached hydrogens (tertiary/aromatic N) is 2. The zero-order valence-electron chi connectivity index (χ0n) is 12.7. The molecule has 120 valence electrons. The highest BCUT2D eigenvalue weighted by atomic mass is 35.5. The van der Waals surface area contributed by atoms with Crippen LogP contribution < -0.4 is 15.8 Å². The van der Waals surface area contributed by atoms with Gasteiger partial charge in [0, 0.05) is 11.1 Å². The van der Waals surface area contributed by atoms with Gasteiger partial charge in [0.25, 0.3) is 0 Å². The molecule has 0 saturated carbocycles. The molecule has 7 heteroatoms. The summed E-state index contributed by atoms with van der Waals surface area (Å²) in [6, 6.07) is 10.9. The van der Waals surface area contributed by atoms with E-state index in [4.69, 9.17) is 21.6 Å². The minimum atomic E-state index is 0.609. The van der Waals surface area contributed by atoms with Gasteiger partial charge in [-0.2, -0.15) is 0 Å². The number of hydrogen-bond acceptors (Lipinski definition) is 4. The lowest BCUT2D eigenvalue weighted by molar-refractivity contribution is 0.240. The van der Waals surface area contributed by atoms with Gasteiger partial charge in [0.2, 0.25) is 0 Å². The second kappa shape index (κ2) is 8.17. The zero-order valence-corrected chi connectivity index (χ0v) is 13.5. The fourth-order valence-corrected chi connectivity index (χ4v) is 2.10. The average Bonchev–Trinajstić information content (AvgIpc) is 2.52. The molecular formula is C16H17ClN4O2. The summed E-state index contributed by atoms with van der Waals surface area (Å²) >= 11 is 5.89. The first kappa shape index (κ1) is 16.8. The van der Waals surface area contributed by atoms with Crippen molar-refractivity contribution in [1.82, 2.24) is 11.0 Å². The third kappa shape index (κ3) is 4.98. The molecule has 0 saturated heterocycles. The maximum Gasteiger partial charge on any atom is 0.160 e. The van der Waals surface area contributed by atoms with E-state index in [-0.39, 0.29) is 0 Å². The molecule has 0 fully saturated rings. The number of halogens is 1. The van der Waals surface area contributed by atoms with Crippen LogP contribution in [0.3, 0.4) is 0 Å². The zero-order chi connectivity index (χ0) is 16.7. The quantitative estimate of drug-likeness (QED) is 0.426. The SMILES string of the molecule is Cc1cc(C)c(ONC=Nc2cccc(Cl)c2)cc1N=CNO. The van der Waals surface area contributed by atoms with Crippen LogP contribution in [0.4, 0.5) is 11.4 Å². The lowest BCUT2D eigenvalue weighted by Crippen LogP contribution is -2.16. The lowest BCUT2D eigenvalue weighted by Gasteiger charge is -2.10. The normalized spacial score (nSPS) is 11.1. The third-order valence-corrected chi connectivity index (χ3v) is 3.23. The second-order valence-corrected chi connectivity index (χ2v) is 5.19. The van der Waals surface area contributed by atoms with Crippen LogP contribution in [-0.2, 0) is 0 Å². The van der Waals surface area contributed by atoms with E-state index in [9.17, 15) is 0 Å². The summed E-state index contributed by atoms with van der Waals surface area (Å²) in [4.78, 5) is 13.7. The number of benzene rings is 2. The molecule has 6 nitrogen and oxygen atoms in total. The summed E-state index contributed by atoms with van der Waals surface area (Å²) in [6.07, 6.45) is 2.62. The molecule has 0 heterocycles. The minimum Gasteiger partial charge on any atom is -0.381 e. The first-order valence-electron chi connectivity index (χ1n) is 6.84. The van der Waals surface area contributed by atoms with E-state index in [1.54, 1.807) is 18.2 Å². The smallest absolute Gasteiger partial charge is 0.160 e. The van der Waals surface area contributed by atoms with Crippen LogP contribution >= 0.6 is 11.6 Å². The van der Waals surface area contributed by atoms with Gasteiger partial charge in [-0.25, -0.2) is 15.5 Å². The number of aryl methyl sites for hydroxylation is 2. The molecule has 0 bridgehead atoms. The Kier molecular flexibility index (Phi) is 5.96. The predicted molar refractivity (Wildman–Crippen MR) is 92.4 cm³/mol. The monoisotopic (exact) mass is 332 g/mol. The van der Waals surface area contributed by atoms with Crippen molar-refractivity contribution in [2.45, 2.75) is 13.8 Å².